The van der Waals surface area contributed by atoms with E-state index in [1.165, 1.54) is 12.8 Å². The van der Waals surface area contributed by atoms with Crippen molar-refractivity contribution in [2.45, 2.75) is 52.0 Å². The topological polar surface area (TPSA) is 27.7 Å². The Kier molecular flexibility index (Phi) is 8.33. The zero-order valence-electron chi connectivity index (χ0n) is 10.8. The summed E-state index contributed by atoms with van der Waals surface area (Å²) in [6, 6.07) is 0. The number of hydrogen-bond donors (Lipinski definition) is 0. The smallest absolute Gasteiger partial charge is 0.377 e. The Hall–Kier alpha value is 0.0969. The van der Waals surface area contributed by atoms with Gasteiger partial charge in [0.1, 0.15) is 0 Å². The van der Waals surface area contributed by atoms with E-state index in [1.807, 2.05) is 0 Å². The molecule has 0 aromatic heterocycles. The molecule has 1 unspecified atom stereocenters. The zero-order valence-corrected chi connectivity index (χ0v) is 11.8. The summed E-state index contributed by atoms with van der Waals surface area (Å²) < 4.78 is 16.9. The molecule has 0 aliphatic rings. The van der Waals surface area contributed by atoms with Crippen molar-refractivity contribution in [3.05, 3.63) is 0 Å². The Morgan fingerprint density at radius 1 is 1.07 bits per heavy atom. The second kappa shape index (κ2) is 8.27. The molecule has 0 rings (SSSR count). The molecule has 1 atom stereocenters. The van der Waals surface area contributed by atoms with Gasteiger partial charge in [0.2, 0.25) is 0 Å². The summed E-state index contributed by atoms with van der Waals surface area (Å²) in [6.07, 6.45) is 4.53. The minimum Gasteiger partial charge on any atom is -0.377 e. The van der Waals surface area contributed by atoms with Crippen molar-refractivity contribution in [3.63, 3.8) is 0 Å². The van der Waals surface area contributed by atoms with E-state index in [9.17, 15) is 0 Å². The summed E-state index contributed by atoms with van der Waals surface area (Å²) in [7, 11) is 0.999. The Balaban J connectivity index is 4.30. The van der Waals surface area contributed by atoms with Crippen molar-refractivity contribution in [2.24, 2.45) is 0 Å². The van der Waals surface area contributed by atoms with Crippen molar-refractivity contribution in [1.82, 2.24) is 0 Å². The van der Waals surface area contributed by atoms with Crippen LogP contribution in [0.1, 0.15) is 46.5 Å². The molecular formula is C11H26O3Si. The van der Waals surface area contributed by atoms with E-state index in [1.54, 1.807) is 14.2 Å². The molecule has 92 valence electrons. The summed E-state index contributed by atoms with van der Waals surface area (Å²) >= 11 is 0. The standard InChI is InChI=1S/C11H26O3Si/c1-6-8-9-11(3)15(12-4,13-5)14-10-7-2/h11H,6-10H2,1-5H3. The first-order chi connectivity index (χ1) is 7.16. The summed E-state index contributed by atoms with van der Waals surface area (Å²) in [5.74, 6) is 0. The predicted molar refractivity (Wildman–Crippen MR) is 65.0 cm³/mol. The summed E-state index contributed by atoms with van der Waals surface area (Å²) in [4.78, 5) is 0. The maximum absolute atomic E-state index is 5.83. The van der Waals surface area contributed by atoms with Crippen LogP contribution in [0.2, 0.25) is 5.54 Å². The van der Waals surface area contributed by atoms with Gasteiger partial charge in [-0.2, -0.15) is 0 Å². The minimum atomic E-state index is -2.41. The number of rotatable bonds is 9. The third kappa shape index (κ3) is 4.63. The zero-order chi connectivity index (χ0) is 11.7. The maximum atomic E-state index is 5.83. The average molecular weight is 234 g/mol. The molecule has 4 heteroatoms. The molecule has 0 spiro atoms. The minimum absolute atomic E-state index is 0.388. The van der Waals surface area contributed by atoms with E-state index in [2.05, 4.69) is 20.8 Å². The van der Waals surface area contributed by atoms with Gasteiger partial charge in [-0.15, -0.1) is 0 Å². The molecule has 0 aliphatic heterocycles. The van der Waals surface area contributed by atoms with Gasteiger partial charge in [-0.25, -0.2) is 0 Å². The van der Waals surface area contributed by atoms with E-state index < -0.39 is 8.80 Å². The summed E-state index contributed by atoms with van der Waals surface area (Å²) in [6.45, 7) is 7.19. The first-order valence-electron chi connectivity index (χ1n) is 5.91. The molecule has 3 nitrogen and oxygen atoms in total. The lowest BCUT2D eigenvalue weighted by atomic mass is 10.2. The SMILES string of the molecule is CCCCC(C)[Si](OC)(OC)OCCC. The van der Waals surface area contributed by atoms with Gasteiger partial charge in [0.25, 0.3) is 0 Å². The van der Waals surface area contributed by atoms with Crippen LogP contribution in [0.4, 0.5) is 0 Å². The Labute approximate surface area is 95.5 Å². The van der Waals surface area contributed by atoms with Crippen LogP contribution in [0.25, 0.3) is 0 Å². The normalized spacial score (nSPS) is 14.2. The second-order valence-electron chi connectivity index (χ2n) is 3.90. The van der Waals surface area contributed by atoms with Crippen LogP contribution in [0.15, 0.2) is 0 Å². The number of unbranched alkanes of at least 4 members (excludes halogenated alkanes) is 1. The third-order valence-corrected chi connectivity index (χ3v) is 5.91. The fraction of sp³-hybridized carbons (Fsp3) is 1.00. The van der Waals surface area contributed by atoms with Gasteiger partial charge in [-0.05, 0) is 12.8 Å². The van der Waals surface area contributed by atoms with Gasteiger partial charge in [0.15, 0.2) is 0 Å². The molecule has 0 aliphatic carbocycles. The predicted octanol–water partition coefficient (Wildman–Crippen LogP) is 3.23. The Morgan fingerprint density at radius 3 is 2.07 bits per heavy atom. The lowest BCUT2D eigenvalue weighted by Crippen LogP contribution is -2.47. The average Bonchev–Trinajstić information content (AvgIpc) is 2.28. The van der Waals surface area contributed by atoms with Crippen LogP contribution in [-0.4, -0.2) is 29.6 Å². The van der Waals surface area contributed by atoms with Gasteiger partial charge in [0, 0.05) is 26.4 Å². The van der Waals surface area contributed by atoms with Gasteiger partial charge in [0.05, 0.1) is 0 Å². The van der Waals surface area contributed by atoms with Crippen LogP contribution in [-0.2, 0) is 13.3 Å². The fourth-order valence-electron chi connectivity index (χ4n) is 1.68. The van der Waals surface area contributed by atoms with Crippen molar-refractivity contribution in [1.29, 1.82) is 0 Å². The van der Waals surface area contributed by atoms with E-state index in [0.717, 1.165) is 19.4 Å². The van der Waals surface area contributed by atoms with Gasteiger partial charge in [-0.3, -0.25) is 0 Å². The Morgan fingerprint density at radius 2 is 1.67 bits per heavy atom. The quantitative estimate of drug-likeness (QED) is 0.573. The first kappa shape index (κ1) is 15.1. The van der Waals surface area contributed by atoms with Crippen LogP contribution >= 0.6 is 0 Å². The van der Waals surface area contributed by atoms with E-state index >= 15 is 0 Å². The first-order valence-corrected chi connectivity index (χ1v) is 7.71. The fourth-order valence-corrected chi connectivity index (χ4v) is 4.22. The highest BCUT2D eigenvalue weighted by molar-refractivity contribution is 6.62. The lowest BCUT2D eigenvalue weighted by Gasteiger charge is -2.31. The molecule has 0 fully saturated rings. The van der Waals surface area contributed by atoms with Crippen molar-refractivity contribution >= 4 is 8.80 Å². The molecule has 0 heterocycles. The summed E-state index contributed by atoms with van der Waals surface area (Å²) in [5, 5.41) is 0. The molecule has 0 amide bonds. The highest BCUT2D eigenvalue weighted by atomic mass is 28.4. The maximum Gasteiger partial charge on any atom is 0.503 e. The molecule has 0 radical (unpaired) electrons. The largest absolute Gasteiger partial charge is 0.503 e. The Bertz CT molecular complexity index is 149. The van der Waals surface area contributed by atoms with E-state index in [0.29, 0.717) is 5.54 Å². The molecule has 0 aromatic carbocycles. The molecule has 15 heavy (non-hydrogen) atoms. The van der Waals surface area contributed by atoms with E-state index in [-0.39, 0.29) is 0 Å². The van der Waals surface area contributed by atoms with Gasteiger partial charge < -0.3 is 13.3 Å². The third-order valence-electron chi connectivity index (χ3n) is 2.67. The van der Waals surface area contributed by atoms with Crippen LogP contribution in [0.3, 0.4) is 0 Å². The lowest BCUT2D eigenvalue weighted by molar-refractivity contribution is 0.0874. The van der Waals surface area contributed by atoms with Crippen molar-refractivity contribution in [2.75, 3.05) is 20.8 Å². The molecular weight excluding hydrogens is 208 g/mol. The number of hydrogen-bond acceptors (Lipinski definition) is 3. The van der Waals surface area contributed by atoms with Crippen molar-refractivity contribution < 1.29 is 13.3 Å². The molecule has 0 N–H and O–H groups in total. The molecule has 0 aromatic rings. The molecule has 0 bridgehead atoms. The van der Waals surface area contributed by atoms with Gasteiger partial charge in [-0.1, -0.05) is 33.6 Å². The second-order valence-corrected chi connectivity index (χ2v) is 7.20. The molecule has 0 saturated heterocycles. The van der Waals surface area contributed by atoms with Crippen LogP contribution in [0.5, 0.6) is 0 Å². The molecule has 0 saturated carbocycles. The summed E-state index contributed by atoms with van der Waals surface area (Å²) in [5.41, 5.74) is 0.388. The van der Waals surface area contributed by atoms with E-state index in [4.69, 9.17) is 13.3 Å². The van der Waals surface area contributed by atoms with Crippen LogP contribution in [0, 0.1) is 0 Å². The van der Waals surface area contributed by atoms with Crippen molar-refractivity contribution in [3.8, 4) is 0 Å². The van der Waals surface area contributed by atoms with Crippen LogP contribution < -0.4 is 0 Å². The highest BCUT2D eigenvalue weighted by Crippen LogP contribution is 2.29. The highest BCUT2D eigenvalue weighted by Gasteiger charge is 2.44. The van der Waals surface area contributed by atoms with Gasteiger partial charge >= 0.3 is 8.80 Å². The monoisotopic (exact) mass is 234 g/mol.